The van der Waals surface area contributed by atoms with Gasteiger partial charge in [0.1, 0.15) is 0 Å². The molecule has 10 heteroatoms. The average molecular weight is 466 g/mol. The van der Waals surface area contributed by atoms with E-state index in [9.17, 15) is 22.8 Å². The Morgan fingerprint density at radius 2 is 1.87 bits per heavy atom. The Kier molecular flexibility index (Phi) is 6.77. The van der Waals surface area contributed by atoms with Crippen molar-refractivity contribution in [2.45, 2.75) is 13.1 Å². The van der Waals surface area contributed by atoms with Gasteiger partial charge in [-0.1, -0.05) is 29.8 Å². The summed E-state index contributed by atoms with van der Waals surface area (Å²) >= 11 is 6.79. The fourth-order valence-electron chi connectivity index (χ4n) is 2.62. The Hall–Kier alpha value is -3.17. The van der Waals surface area contributed by atoms with E-state index >= 15 is 0 Å². The van der Waals surface area contributed by atoms with E-state index in [0.717, 1.165) is 18.2 Å². The predicted octanol–water partition coefficient (Wildman–Crippen LogP) is 6.15. The summed E-state index contributed by atoms with van der Waals surface area (Å²) in [6.45, 7) is 1.42. The molecule has 0 aliphatic carbocycles. The summed E-state index contributed by atoms with van der Waals surface area (Å²) in [7, 11) is 0. The highest BCUT2D eigenvalue weighted by Gasteiger charge is 2.33. The fraction of sp³-hybridized carbons (Fsp3) is 0.0952. The van der Waals surface area contributed by atoms with Gasteiger partial charge in [-0.15, -0.1) is 11.3 Å². The Morgan fingerprint density at radius 1 is 1.16 bits per heavy atom. The molecule has 0 saturated carbocycles. The number of nitrogens with one attached hydrogen (secondary N) is 1. The highest BCUT2D eigenvalue weighted by Crippen LogP contribution is 2.36. The van der Waals surface area contributed by atoms with Crippen LogP contribution in [-0.4, -0.2) is 16.8 Å². The van der Waals surface area contributed by atoms with Crippen molar-refractivity contribution in [1.82, 2.24) is 4.98 Å². The fourth-order valence-corrected chi connectivity index (χ4v) is 3.70. The van der Waals surface area contributed by atoms with E-state index in [0.29, 0.717) is 16.5 Å². The molecule has 5 nitrogen and oxygen atoms in total. The zero-order valence-electron chi connectivity index (χ0n) is 16.0. The van der Waals surface area contributed by atoms with Crippen molar-refractivity contribution in [2.75, 3.05) is 10.2 Å². The van der Waals surface area contributed by atoms with E-state index in [2.05, 4.69) is 10.3 Å². The van der Waals surface area contributed by atoms with Crippen LogP contribution in [0.15, 0.2) is 60.0 Å². The van der Waals surface area contributed by atoms with Crippen LogP contribution < -0.4 is 10.2 Å². The number of nitrogens with zero attached hydrogens (tertiary/aromatic N) is 2. The van der Waals surface area contributed by atoms with Crippen molar-refractivity contribution in [1.29, 1.82) is 0 Å². The first-order chi connectivity index (χ1) is 14.6. The first-order valence-corrected chi connectivity index (χ1v) is 10.1. The van der Waals surface area contributed by atoms with E-state index in [4.69, 9.17) is 11.6 Å². The molecule has 0 atom stereocenters. The molecule has 1 aromatic heterocycles. The maximum atomic E-state index is 12.9. The van der Waals surface area contributed by atoms with Gasteiger partial charge < -0.3 is 5.32 Å². The van der Waals surface area contributed by atoms with Crippen molar-refractivity contribution in [2.24, 2.45) is 0 Å². The van der Waals surface area contributed by atoms with Crippen LogP contribution in [0.3, 0.4) is 0 Å². The molecule has 2 aromatic carbocycles. The number of hydrogen-bond donors (Lipinski definition) is 1. The van der Waals surface area contributed by atoms with Gasteiger partial charge in [0.2, 0.25) is 11.8 Å². The van der Waals surface area contributed by atoms with Crippen LogP contribution in [-0.2, 0) is 15.8 Å². The van der Waals surface area contributed by atoms with Gasteiger partial charge in [0, 0.05) is 24.1 Å². The lowest BCUT2D eigenvalue weighted by Crippen LogP contribution is -2.22. The van der Waals surface area contributed by atoms with Crippen LogP contribution in [0, 0.1) is 0 Å². The molecule has 0 aliphatic rings. The number of alkyl halides is 3. The summed E-state index contributed by atoms with van der Waals surface area (Å²) in [4.78, 5) is 29.9. The summed E-state index contributed by atoms with van der Waals surface area (Å²) in [6.07, 6.45) is -2.09. The van der Waals surface area contributed by atoms with Gasteiger partial charge >= 0.3 is 6.18 Å². The van der Waals surface area contributed by atoms with Crippen LogP contribution >= 0.6 is 22.9 Å². The Morgan fingerprint density at radius 3 is 2.52 bits per heavy atom. The van der Waals surface area contributed by atoms with Gasteiger partial charge in [0.15, 0.2) is 5.13 Å². The number of anilines is 3. The number of aromatic nitrogens is 1. The zero-order valence-corrected chi connectivity index (χ0v) is 17.6. The van der Waals surface area contributed by atoms with Crippen LogP contribution in [0.5, 0.6) is 0 Å². The van der Waals surface area contributed by atoms with E-state index in [1.807, 2.05) is 6.07 Å². The minimum absolute atomic E-state index is 0.0443. The van der Waals surface area contributed by atoms with Gasteiger partial charge in [-0.2, -0.15) is 13.2 Å². The SMILES string of the molecule is CC(=O)N(c1ccccc1)c1nc(C=CC(=O)Nc2ccc(Cl)c(C(F)(F)F)c2)cs1. The van der Waals surface area contributed by atoms with E-state index in [-0.39, 0.29) is 11.6 Å². The smallest absolute Gasteiger partial charge is 0.322 e. The Bertz CT molecular complexity index is 1130. The molecule has 160 valence electrons. The molecule has 0 saturated heterocycles. The molecule has 1 heterocycles. The predicted molar refractivity (Wildman–Crippen MR) is 115 cm³/mol. The highest BCUT2D eigenvalue weighted by atomic mass is 35.5. The van der Waals surface area contributed by atoms with E-state index in [1.165, 1.54) is 35.3 Å². The summed E-state index contributed by atoms with van der Waals surface area (Å²) in [6, 6.07) is 12.1. The summed E-state index contributed by atoms with van der Waals surface area (Å²) < 4.78 is 38.8. The molecule has 3 rings (SSSR count). The molecule has 3 aromatic rings. The van der Waals surface area contributed by atoms with Gasteiger partial charge in [-0.05, 0) is 36.4 Å². The number of thiazole rings is 1. The second-order valence-electron chi connectivity index (χ2n) is 6.26. The number of para-hydroxylation sites is 1. The first-order valence-electron chi connectivity index (χ1n) is 8.82. The number of rotatable bonds is 5. The molecule has 1 N–H and O–H groups in total. The third kappa shape index (κ3) is 5.71. The quantitative estimate of drug-likeness (QED) is 0.459. The normalized spacial score (nSPS) is 11.5. The van der Waals surface area contributed by atoms with Gasteiger partial charge in [-0.25, -0.2) is 4.98 Å². The summed E-state index contributed by atoms with van der Waals surface area (Å²) in [5.74, 6) is -0.867. The van der Waals surface area contributed by atoms with Crippen molar-refractivity contribution >= 4 is 57.3 Å². The maximum Gasteiger partial charge on any atom is 0.417 e. The maximum absolute atomic E-state index is 12.9. The monoisotopic (exact) mass is 465 g/mol. The van der Waals surface area contributed by atoms with E-state index in [1.54, 1.807) is 29.6 Å². The molecule has 31 heavy (non-hydrogen) atoms. The first kappa shape index (κ1) is 22.5. The zero-order chi connectivity index (χ0) is 22.6. The summed E-state index contributed by atoms with van der Waals surface area (Å²) in [5, 5.41) is 3.98. The second kappa shape index (κ2) is 9.32. The highest BCUT2D eigenvalue weighted by molar-refractivity contribution is 7.14. The van der Waals surface area contributed by atoms with Gasteiger partial charge in [0.25, 0.3) is 0 Å². The molecule has 0 radical (unpaired) electrons. The van der Waals surface area contributed by atoms with E-state index < -0.39 is 22.7 Å². The molecular weight excluding hydrogens is 451 g/mol. The molecule has 0 bridgehead atoms. The third-order valence-electron chi connectivity index (χ3n) is 3.98. The van der Waals surface area contributed by atoms with Crippen LogP contribution in [0.1, 0.15) is 18.2 Å². The molecule has 0 unspecified atom stereocenters. The van der Waals surface area contributed by atoms with Crippen molar-refractivity contribution < 1.29 is 22.8 Å². The number of halogens is 4. The lowest BCUT2D eigenvalue weighted by molar-refractivity contribution is -0.137. The number of carbonyl (C=O) groups excluding carboxylic acids is 2. The largest absolute Gasteiger partial charge is 0.417 e. The topological polar surface area (TPSA) is 62.3 Å². The van der Waals surface area contributed by atoms with Crippen LogP contribution in [0.25, 0.3) is 6.08 Å². The third-order valence-corrected chi connectivity index (χ3v) is 5.15. The van der Waals surface area contributed by atoms with Gasteiger partial charge in [-0.3, -0.25) is 14.5 Å². The standard InChI is InChI=1S/C21H15ClF3N3O2S/c1-13(29)28(16-5-3-2-4-6-16)20-27-15(12-31-20)8-10-19(30)26-14-7-9-18(22)17(11-14)21(23,24)25/h2-12H,1H3,(H,26,30). The Labute approximate surface area is 184 Å². The van der Waals surface area contributed by atoms with Gasteiger partial charge in [0.05, 0.1) is 22.0 Å². The number of carbonyl (C=O) groups is 2. The van der Waals surface area contributed by atoms with Crippen LogP contribution in [0.4, 0.5) is 29.7 Å². The summed E-state index contributed by atoms with van der Waals surface area (Å²) in [5.41, 5.74) is -0.00672. The molecule has 0 spiro atoms. The molecular formula is C21H15ClF3N3O2S. The van der Waals surface area contributed by atoms with Crippen molar-refractivity contribution in [3.8, 4) is 0 Å². The minimum Gasteiger partial charge on any atom is -0.322 e. The number of benzene rings is 2. The molecule has 2 amide bonds. The van der Waals surface area contributed by atoms with Crippen molar-refractivity contribution in [3.63, 3.8) is 0 Å². The number of hydrogen-bond acceptors (Lipinski definition) is 4. The minimum atomic E-state index is -4.63. The number of amides is 2. The lowest BCUT2D eigenvalue weighted by atomic mass is 10.2. The molecule has 0 aliphatic heterocycles. The second-order valence-corrected chi connectivity index (χ2v) is 7.50. The van der Waals surface area contributed by atoms with Crippen molar-refractivity contribution in [3.05, 3.63) is 76.3 Å². The Balaban J connectivity index is 1.73. The van der Waals surface area contributed by atoms with Crippen LogP contribution in [0.2, 0.25) is 5.02 Å². The molecule has 0 fully saturated rings. The average Bonchev–Trinajstić information content (AvgIpc) is 3.16. The lowest BCUT2D eigenvalue weighted by Gasteiger charge is -2.17.